The van der Waals surface area contributed by atoms with E-state index in [-0.39, 0.29) is 23.8 Å². The molecule has 4 rings (SSSR count). The van der Waals surface area contributed by atoms with Crippen molar-refractivity contribution < 1.29 is 13.9 Å². The number of H-pyrrole nitrogens is 1. The second-order valence-electron chi connectivity index (χ2n) is 8.03. The molecule has 1 saturated heterocycles. The van der Waals surface area contributed by atoms with E-state index in [4.69, 9.17) is 10.3 Å². The summed E-state index contributed by atoms with van der Waals surface area (Å²) in [6.07, 6.45) is 1.43. The third-order valence-electron chi connectivity index (χ3n) is 5.65. The Labute approximate surface area is 195 Å². The van der Waals surface area contributed by atoms with Gasteiger partial charge in [0, 0.05) is 49.0 Å². The van der Waals surface area contributed by atoms with Gasteiger partial charge in [0.25, 0.3) is 11.5 Å². The van der Waals surface area contributed by atoms with Crippen LogP contribution in [0.5, 0.6) is 5.75 Å². The summed E-state index contributed by atoms with van der Waals surface area (Å²) in [6, 6.07) is 12.5. The van der Waals surface area contributed by atoms with E-state index in [1.807, 2.05) is 7.05 Å². The minimum Gasteiger partial charge on any atom is -0.484 e. The van der Waals surface area contributed by atoms with Gasteiger partial charge in [-0.05, 0) is 55.6 Å². The number of halogens is 1. The van der Waals surface area contributed by atoms with Crippen molar-refractivity contribution >= 4 is 28.2 Å². The van der Waals surface area contributed by atoms with Crippen LogP contribution in [0.1, 0.15) is 5.56 Å². The Kier molecular flexibility index (Phi) is 6.98. The standard InChI is InChI=1S/C24H25FN6O3/c1-30-8-10-31(11-9-30)23(32)15-34-19-5-3-18(4-6-19)27-14-22(29-26)20-13-16-12-17(25)2-7-21(16)28-24(20)33/h2-7,12-14,26-27H,8-11,15H2,1H3,(H,28,33)/b22-14-,29-26?. The van der Waals surface area contributed by atoms with E-state index in [0.29, 0.717) is 35.4 Å². The van der Waals surface area contributed by atoms with Crippen molar-refractivity contribution in [2.24, 2.45) is 5.11 Å². The number of hydrogen-bond donors (Lipinski definition) is 3. The number of amides is 1. The SMILES string of the molecule is CN1CCN(C(=O)COc2ccc(N/C=C(\N=N)c3cc4cc(F)ccc4[nH]c3=O)cc2)CC1. The predicted molar refractivity (Wildman–Crippen MR) is 127 cm³/mol. The molecule has 3 N–H and O–H groups in total. The first kappa shape index (κ1) is 23.1. The van der Waals surface area contributed by atoms with Gasteiger partial charge in [-0.15, -0.1) is 0 Å². The Hall–Kier alpha value is -4.05. The van der Waals surface area contributed by atoms with Crippen LogP contribution in [0.4, 0.5) is 10.1 Å². The molecule has 1 aliphatic rings. The minimum atomic E-state index is -0.433. The van der Waals surface area contributed by atoms with E-state index >= 15 is 0 Å². The number of fused-ring (bicyclic) bond motifs is 1. The Morgan fingerprint density at radius 2 is 1.91 bits per heavy atom. The topological polar surface area (TPSA) is 114 Å². The van der Waals surface area contributed by atoms with E-state index in [1.165, 1.54) is 30.5 Å². The Morgan fingerprint density at radius 3 is 2.62 bits per heavy atom. The third-order valence-corrected chi connectivity index (χ3v) is 5.65. The van der Waals surface area contributed by atoms with Gasteiger partial charge in [0.05, 0.1) is 5.56 Å². The van der Waals surface area contributed by atoms with Gasteiger partial charge in [0.1, 0.15) is 17.3 Å². The van der Waals surface area contributed by atoms with Crippen LogP contribution in [0.15, 0.2) is 64.6 Å². The third kappa shape index (κ3) is 5.46. The molecular weight excluding hydrogens is 439 g/mol. The zero-order valence-corrected chi connectivity index (χ0v) is 18.7. The first-order chi connectivity index (χ1) is 16.4. The van der Waals surface area contributed by atoms with E-state index in [1.54, 1.807) is 29.2 Å². The number of benzene rings is 2. The first-order valence-electron chi connectivity index (χ1n) is 10.8. The van der Waals surface area contributed by atoms with Crippen LogP contribution in [-0.2, 0) is 4.79 Å². The number of ether oxygens (including phenoxy) is 1. The molecule has 10 heteroatoms. The van der Waals surface area contributed by atoms with E-state index in [9.17, 15) is 14.0 Å². The number of anilines is 1. The van der Waals surface area contributed by atoms with Gasteiger partial charge < -0.3 is 24.8 Å². The van der Waals surface area contributed by atoms with Crippen LogP contribution >= 0.6 is 0 Å². The van der Waals surface area contributed by atoms with E-state index in [0.717, 1.165) is 13.1 Å². The molecule has 1 aromatic heterocycles. The molecule has 0 saturated carbocycles. The van der Waals surface area contributed by atoms with Crippen molar-refractivity contribution in [1.29, 1.82) is 5.53 Å². The van der Waals surface area contributed by atoms with E-state index in [2.05, 4.69) is 20.3 Å². The van der Waals surface area contributed by atoms with Gasteiger partial charge in [-0.3, -0.25) is 9.59 Å². The number of carbonyl (C=O) groups excluding carboxylic acids is 1. The van der Waals surface area contributed by atoms with Crippen LogP contribution in [0.3, 0.4) is 0 Å². The van der Waals surface area contributed by atoms with Crippen molar-refractivity contribution in [1.82, 2.24) is 14.8 Å². The average molecular weight is 465 g/mol. The highest BCUT2D eigenvalue weighted by Crippen LogP contribution is 2.20. The maximum atomic E-state index is 13.5. The summed E-state index contributed by atoms with van der Waals surface area (Å²) in [4.78, 5) is 31.4. The molecule has 0 bridgehead atoms. The van der Waals surface area contributed by atoms with Gasteiger partial charge in [-0.2, -0.15) is 5.11 Å². The van der Waals surface area contributed by atoms with Crippen molar-refractivity contribution in [2.45, 2.75) is 0 Å². The molecule has 2 aromatic carbocycles. The summed E-state index contributed by atoms with van der Waals surface area (Å²) >= 11 is 0. The maximum Gasteiger partial charge on any atom is 0.260 e. The number of rotatable bonds is 7. The predicted octanol–water partition coefficient (Wildman–Crippen LogP) is 3.26. The summed E-state index contributed by atoms with van der Waals surface area (Å²) in [7, 11) is 2.03. The fourth-order valence-electron chi connectivity index (χ4n) is 3.63. The van der Waals surface area contributed by atoms with Crippen molar-refractivity contribution in [3.05, 3.63) is 76.5 Å². The Morgan fingerprint density at radius 1 is 1.18 bits per heavy atom. The number of carbonyl (C=O) groups is 1. The lowest BCUT2D eigenvalue weighted by molar-refractivity contribution is -0.134. The second-order valence-corrected chi connectivity index (χ2v) is 8.03. The molecule has 176 valence electrons. The van der Waals surface area contributed by atoms with Gasteiger partial charge >= 0.3 is 0 Å². The van der Waals surface area contributed by atoms with E-state index < -0.39 is 11.4 Å². The molecular formula is C24H25FN6O3. The lowest BCUT2D eigenvalue weighted by Gasteiger charge is -2.32. The monoisotopic (exact) mass is 464 g/mol. The molecule has 0 spiro atoms. The van der Waals surface area contributed by atoms with Crippen LogP contribution in [0.25, 0.3) is 16.6 Å². The number of nitrogens with one attached hydrogen (secondary N) is 3. The summed E-state index contributed by atoms with van der Waals surface area (Å²) < 4.78 is 19.2. The largest absolute Gasteiger partial charge is 0.484 e. The fourth-order valence-corrected chi connectivity index (χ4v) is 3.63. The number of piperazine rings is 1. The van der Waals surface area contributed by atoms with Gasteiger partial charge in [0.2, 0.25) is 0 Å². The summed E-state index contributed by atoms with van der Waals surface area (Å²) in [5, 5.41) is 6.93. The van der Waals surface area contributed by atoms with Crippen molar-refractivity contribution in [3.63, 3.8) is 0 Å². The summed E-state index contributed by atoms with van der Waals surface area (Å²) in [5.41, 5.74) is 8.43. The fraction of sp³-hybridized carbons (Fsp3) is 0.250. The Bertz CT molecular complexity index is 1280. The smallest absolute Gasteiger partial charge is 0.260 e. The van der Waals surface area contributed by atoms with Crippen LogP contribution < -0.4 is 15.6 Å². The van der Waals surface area contributed by atoms with Crippen LogP contribution in [0, 0.1) is 11.3 Å². The van der Waals surface area contributed by atoms with Crippen molar-refractivity contribution in [2.75, 3.05) is 45.2 Å². The highest BCUT2D eigenvalue weighted by molar-refractivity contribution is 5.82. The number of nitrogens with zero attached hydrogens (tertiary/aromatic N) is 3. The molecule has 2 heterocycles. The number of aromatic amines is 1. The molecule has 1 fully saturated rings. The molecule has 9 nitrogen and oxygen atoms in total. The molecule has 1 aliphatic heterocycles. The molecule has 3 aromatic rings. The van der Waals surface area contributed by atoms with Crippen LogP contribution in [0.2, 0.25) is 0 Å². The molecule has 1 amide bonds. The van der Waals surface area contributed by atoms with Crippen LogP contribution in [-0.4, -0.2) is 60.5 Å². The highest BCUT2D eigenvalue weighted by Gasteiger charge is 2.19. The van der Waals surface area contributed by atoms with Gasteiger partial charge in [-0.25, -0.2) is 9.92 Å². The average Bonchev–Trinajstić information content (AvgIpc) is 2.84. The number of likely N-dealkylation sites (N-methyl/N-ethyl adjacent to an activating group) is 1. The molecule has 0 radical (unpaired) electrons. The van der Waals surface area contributed by atoms with Crippen molar-refractivity contribution in [3.8, 4) is 5.75 Å². The zero-order valence-electron chi connectivity index (χ0n) is 18.7. The second kappa shape index (κ2) is 10.3. The number of hydrogen-bond acceptors (Lipinski definition) is 7. The number of pyridine rings is 1. The van der Waals surface area contributed by atoms with Gasteiger partial charge in [0.15, 0.2) is 6.61 Å². The van der Waals surface area contributed by atoms with Gasteiger partial charge in [-0.1, -0.05) is 0 Å². The first-order valence-corrected chi connectivity index (χ1v) is 10.8. The molecule has 34 heavy (non-hydrogen) atoms. The molecule has 0 atom stereocenters. The minimum absolute atomic E-state index is 0.0242. The lowest BCUT2D eigenvalue weighted by atomic mass is 10.1. The quantitative estimate of drug-likeness (QED) is 0.465. The maximum absolute atomic E-state index is 13.5. The summed E-state index contributed by atoms with van der Waals surface area (Å²) in [6.45, 7) is 3.09. The zero-order chi connectivity index (χ0) is 24.1. The highest BCUT2D eigenvalue weighted by atomic mass is 19.1. The lowest BCUT2D eigenvalue weighted by Crippen LogP contribution is -2.48. The molecule has 0 aliphatic carbocycles. The summed E-state index contributed by atoms with van der Waals surface area (Å²) in [5.74, 6) is 0.0836. The normalized spacial score (nSPS) is 14.8. The number of aromatic nitrogens is 1. The molecule has 0 unspecified atom stereocenters. The Balaban J connectivity index is 1.39.